The van der Waals surface area contributed by atoms with E-state index in [9.17, 15) is 8.42 Å². The van der Waals surface area contributed by atoms with Crippen LogP contribution < -0.4 is 9.46 Å². The number of hydrogen-bond acceptors (Lipinski definition) is 4. The fourth-order valence-corrected chi connectivity index (χ4v) is 3.48. The van der Waals surface area contributed by atoms with Gasteiger partial charge < -0.3 is 4.74 Å². The molecule has 0 aliphatic carbocycles. The van der Waals surface area contributed by atoms with Gasteiger partial charge in [-0.2, -0.15) is 5.26 Å². The second-order valence-electron chi connectivity index (χ2n) is 5.26. The molecule has 0 aliphatic heterocycles. The van der Waals surface area contributed by atoms with Crippen molar-refractivity contribution < 1.29 is 13.2 Å². The lowest BCUT2D eigenvalue weighted by atomic mass is 10.1. The van der Waals surface area contributed by atoms with Crippen LogP contribution in [0.5, 0.6) is 5.75 Å². The quantitative estimate of drug-likeness (QED) is 0.798. The number of para-hydroxylation sites is 1. The molecule has 6 heteroatoms. The SMILES string of the molecule is CCOc1ccccc1CCNS(=O)(=O)Cc1cccc(C#N)c1. The number of nitriles is 1. The predicted molar refractivity (Wildman–Crippen MR) is 93.1 cm³/mol. The zero-order valence-electron chi connectivity index (χ0n) is 13.5. The lowest BCUT2D eigenvalue weighted by Gasteiger charge is -2.11. The molecular weight excluding hydrogens is 324 g/mol. The number of ether oxygens (including phenoxy) is 1. The van der Waals surface area contributed by atoms with Gasteiger partial charge in [0.2, 0.25) is 10.0 Å². The first kappa shape index (κ1) is 18.0. The average Bonchev–Trinajstić information content (AvgIpc) is 2.56. The van der Waals surface area contributed by atoms with Crippen LogP contribution in [0.3, 0.4) is 0 Å². The summed E-state index contributed by atoms with van der Waals surface area (Å²) in [6, 6.07) is 16.2. The maximum absolute atomic E-state index is 12.2. The minimum absolute atomic E-state index is 0.143. The van der Waals surface area contributed by atoms with Gasteiger partial charge in [0.25, 0.3) is 0 Å². The highest BCUT2D eigenvalue weighted by Gasteiger charge is 2.12. The number of nitrogens with one attached hydrogen (secondary N) is 1. The van der Waals surface area contributed by atoms with E-state index in [-0.39, 0.29) is 5.75 Å². The van der Waals surface area contributed by atoms with Crippen molar-refractivity contribution in [2.75, 3.05) is 13.2 Å². The van der Waals surface area contributed by atoms with Crippen LogP contribution >= 0.6 is 0 Å². The van der Waals surface area contributed by atoms with Gasteiger partial charge in [0.1, 0.15) is 5.75 Å². The number of nitrogens with zero attached hydrogens (tertiary/aromatic N) is 1. The third kappa shape index (κ3) is 5.37. The normalized spacial score (nSPS) is 11.0. The van der Waals surface area contributed by atoms with E-state index in [1.54, 1.807) is 24.3 Å². The van der Waals surface area contributed by atoms with Crippen molar-refractivity contribution in [3.05, 3.63) is 65.2 Å². The monoisotopic (exact) mass is 344 g/mol. The highest BCUT2D eigenvalue weighted by Crippen LogP contribution is 2.18. The second kappa shape index (κ2) is 8.48. The first-order chi connectivity index (χ1) is 11.5. The summed E-state index contributed by atoms with van der Waals surface area (Å²) in [4.78, 5) is 0. The van der Waals surface area contributed by atoms with Gasteiger partial charge in [0.05, 0.1) is 24.0 Å². The lowest BCUT2D eigenvalue weighted by molar-refractivity contribution is 0.336. The smallest absolute Gasteiger partial charge is 0.215 e. The van der Waals surface area contributed by atoms with Gasteiger partial charge in [-0.05, 0) is 42.7 Å². The molecule has 0 amide bonds. The Morgan fingerprint density at radius 3 is 2.71 bits per heavy atom. The molecule has 0 saturated heterocycles. The summed E-state index contributed by atoms with van der Waals surface area (Å²) in [6.45, 7) is 2.77. The van der Waals surface area contributed by atoms with E-state index in [1.807, 2.05) is 37.3 Å². The summed E-state index contributed by atoms with van der Waals surface area (Å²) in [5.41, 5.74) is 2.01. The van der Waals surface area contributed by atoms with Crippen LogP contribution in [-0.4, -0.2) is 21.6 Å². The van der Waals surface area contributed by atoms with E-state index in [0.29, 0.717) is 30.7 Å². The fourth-order valence-electron chi connectivity index (χ4n) is 2.35. The molecule has 2 aromatic rings. The predicted octanol–water partition coefficient (Wildman–Crippen LogP) is 2.62. The highest BCUT2D eigenvalue weighted by molar-refractivity contribution is 7.88. The Hall–Kier alpha value is -2.36. The molecule has 1 N–H and O–H groups in total. The molecule has 5 nitrogen and oxygen atoms in total. The first-order valence-electron chi connectivity index (χ1n) is 7.71. The van der Waals surface area contributed by atoms with Crippen molar-refractivity contribution in [2.45, 2.75) is 19.1 Å². The van der Waals surface area contributed by atoms with Crippen LogP contribution in [0.1, 0.15) is 23.6 Å². The van der Waals surface area contributed by atoms with Gasteiger partial charge in [-0.15, -0.1) is 0 Å². The van der Waals surface area contributed by atoms with Crippen LogP contribution in [0.4, 0.5) is 0 Å². The molecule has 0 unspecified atom stereocenters. The van der Waals surface area contributed by atoms with E-state index in [2.05, 4.69) is 4.72 Å². The molecule has 0 atom stereocenters. The van der Waals surface area contributed by atoms with Crippen molar-refractivity contribution in [2.24, 2.45) is 0 Å². The highest BCUT2D eigenvalue weighted by atomic mass is 32.2. The van der Waals surface area contributed by atoms with Crippen molar-refractivity contribution in [3.63, 3.8) is 0 Å². The third-order valence-electron chi connectivity index (χ3n) is 3.40. The fraction of sp³-hybridized carbons (Fsp3) is 0.278. The first-order valence-corrected chi connectivity index (χ1v) is 9.36. The number of benzene rings is 2. The van der Waals surface area contributed by atoms with E-state index in [0.717, 1.165) is 11.3 Å². The molecule has 126 valence electrons. The van der Waals surface area contributed by atoms with Crippen molar-refractivity contribution in [3.8, 4) is 11.8 Å². The molecule has 24 heavy (non-hydrogen) atoms. The van der Waals surface area contributed by atoms with Gasteiger partial charge in [0.15, 0.2) is 0 Å². The summed E-state index contributed by atoms with van der Waals surface area (Å²) >= 11 is 0. The van der Waals surface area contributed by atoms with Gasteiger partial charge in [0, 0.05) is 6.54 Å². The number of rotatable bonds is 8. The van der Waals surface area contributed by atoms with Crippen molar-refractivity contribution >= 4 is 10.0 Å². The number of hydrogen-bond donors (Lipinski definition) is 1. The molecule has 2 rings (SSSR count). The minimum Gasteiger partial charge on any atom is -0.494 e. The Labute approximate surface area is 142 Å². The maximum atomic E-state index is 12.2. The second-order valence-corrected chi connectivity index (χ2v) is 7.06. The molecule has 0 bridgehead atoms. The topological polar surface area (TPSA) is 79.2 Å². The summed E-state index contributed by atoms with van der Waals surface area (Å²) < 4.78 is 32.5. The lowest BCUT2D eigenvalue weighted by Crippen LogP contribution is -2.27. The Bertz CT molecular complexity index is 826. The zero-order valence-corrected chi connectivity index (χ0v) is 14.3. The van der Waals surface area contributed by atoms with Crippen molar-refractivity contribution in [1.82, 2.24) is 4.72 Å². The summed E-state index contributed by atoms with van der Waals surface area (Å²) in [7, 11) is -3.46. The molecule has 0 radical (unpaired) electrons. The van der Waals surface area contributed by atoms with E-state index in [1.165, 1.54) is 0 Å². The van der Waals surface area contributed by atoms with Crippen LogP contribution in [0.15, 0.2) is 48.5 Å². The molecule has 0 spiro atoms. The van der Waals surface area contributed by atoms with Crippen LogP contribution in [-0.2, 0) is 22.2 Å². The van der Waals surface area contributed by atoms with Gasteiger partial charge in [-0.25, -0.2) is 13.1 Å². The van der Waals surface area contributed by atoms with E-state index >= 15 is 0 Å². The molecule has 0 heterocycles. The maximum Gasteiger partial charge on any atom is 0.215 e. The van der Waals surface area contributed by atoms with E-state index < -0.39 is 10.0 Å². The summed E-state index contributed by atoms with van der Waals surface area (Å²) in [5.74, 6) is 0.635. The number of sulfonamides is 1. The molecule has 0 fully saturated rings. The third-order valence-corrected chi connectivity index (χ3v) is 4.76. The minimum atomic E-state index is -3.46. The molecule has 0 aliphatic rings. The molecule has 0 aromatic heterocycles. The Kier molecular flexibility index (Phi) is 6.36. The molecule has 0 saturated carbocycles. The molecule has 2 aromatic carbocycles. The van der Waals surface area contributed by atoms with Crippen molar-refractivity contribution in [1.29, 1.82) is 5.26 Å². The van der Waals surface area contributed by atoms with Crippen LogP contribution in [0.25, 0.3) is 0 Å². The summed E-state index contributed by atoms with van der Waals surface area (Å²) in [6.07, 6.45) is 0.549. The summed E-state index contributed by atoms with van der Waals surface area (Å²) in [5, 5.41) is 8.87. The standard InChI is InChI=1S/C18H20N2O3S/c1-2-23-18-9-4-3-8-17(18)10-11-20-24(21,22)14-16-7-5-6-15(12-16)13-19/h3-9,12,20H,2,10-11,14H2,1H3. The van der Waals surface area contributed by atoms with Crippen LogP contribution in [0, 0.1) is 11.3 Å². The van der Waals surface area contributed by atoms with E-state index in [4.69, 9.17) is 10.00 Å². The zero-order chi connectivity index (χ0) is 17.4. The van der Waals surface area contributed by atoms with Crippen LogP contribution in [0.2, 0.25) is 0 Å². The average molecular weight is 344 g/mol. The Morgan fingerprint density at radius 1 is 1.17 bits per heavy atom. The Morgan fingerprint density at radius 2 is 1.96 bits per heavy atom. The largest absolute Gasteiger partial charge is 0.494 e. The Balaban J connectivity index is 1.95. The van der Waals surface area contributed by atoms with Gasteiger partial charge in [-0.1, -0.05) is 30.3 Å². The van der Waals surface area contributed by atoms with Gasteiger partial charge in [-0.3, -0.25) is 0 Å². The molecular formula is C18H20N2O3S. The van der Waals surface area contributed by atoms with Gasteiger partial charge >= 0.3 is 0 Å².